The Hall–Kier alpha value is -0.865. The third-order valence-electron chi connectivity index (χ3n) is 3.42. The van der Waals surface area contributed by atoms with Gasteiger partial charge in [-0.25, -0.2) is 0 Å². The summed E-state index contributed by atoms with van der Waals surface area (Å²) in [5.41, 5.74) is 1.52. The highest BCUT2D eigenvalue weighted by molar-refractivity contribution is 6.62. The average Bonchev–Trinajstić information content (AvgIpc) is 2.36. The van der Waals surface area contributed by atoms with Crippen molar-refractivity contribution < 1.29 is 9.31 Å². The van der Waals surface area contributed by atoms with Crippen molar-refractivity contribution in [2.24, 2.45) is 0 Å². The molecule has 0 aliphatic carbocycles. The molecule has 0 atom stereocenters. The average molecular weight is 219 g/mol. The second-order valence-corrected chi connectivity index (χ2v) is 5.38. The molecule has 1 aromatic heterocycles. The molecule has 2 heterocycles. The lowest BCUT2D eigenvalue weighted by atomic mass is 9.80. The lowest BCUT2D eigenvalue weighted by molar-refractivity contribution is 0.00578. The molecule has 0 aromatic carbocycles. The van der Waals surface area contributed by atoms with Crippen molar-refractivity contribution in [3.63, 3.8) is 0 Å². The van der Waals surface area contributed by atoms with E-state index in [0.717, 1.165) is 11.0 Å². The van der Waals surface area contributed by atoms with Crippen LogP contribution in [0.15, 0.2) is 18.5 Å². The van der Waals surface area contributed by atoms with Crippen molar-refractivity contribution in [2.75, 3.05) is 0 Å². The number of rotatable bonds is 1. The highest BCUT2D eigenvalue weighted by atomic mass is 16.7. The van der Waals surface area contributed by atoms with E-state index in [4.69, 9.17) is 9.31 Å². The molecule has 0 radical (unpaired) electrons. The molecule has 1 aliphatic rings. The van der Waals surface area contributed by atoms with Crippen molar-refractivity contribution in [1.29, 1.82) is 0 Å². The summed E-state index contributed by atoms with van der Waals surface area (Å²) in [6.07, 6.45) is 3.63. The molecule has 1 fully saturated rings. The Morgan fingerprint density at radius 2 is 1.62 bits per heavy atom. The molecule has 1 aromatic rings. The molecule has 1 saturated heterocycles. The summed E-state index contributed by atoms with van der Waals surface area (Å²) in [5.74, 6) is 0. The SMILES string of the molecule is Cc1cncc(B2OC(C)(C)C(C)(C)O2)c1. The Labute approximate surface area is 97.3 Å². The number of aromatic nitrogens is 1. The van der Waals surface area contributed by atoms with E-state index in [-0.39, 0.29) is 18.3 Å². The molecule has 0 N–H and O–H groups in total. The Morgan fingerprint density at radius 3 is 2.12 bits per heavy atom. The quantitative estimate of drug-likeness (QED) is 0.673. The maximum atomic E-state index is 5.94. The summed E-state index contributed by atoms with van der Waals surface area (Å²) < 4.78 is 11.9. The fourth-order valence-corrected chi connectivity index (χ4v) is 1.69. The molecular weight excluding hydrogens is 201 g/mol. The summed E-state index contributed by atoms with van der Waals surface area (Å²) in [6.45, 7) is 10.2. The third-order valence-corrected chi connectivity index (χ3v) is 3.42. The first-order chi connectivity index (χ1) is 7.32. The van der Waals surface area contributed by atoms with Crippen LogP contribution in [-0.4, -0.2) is 23.3 Å². The van der Waals surface area contributed by atoms with Crippen molar-refractivity contribution >= 4 is 12.6 Å². The molecule has 2 rings (SSSR count). The predicted octanol–water partition coefficient (Wildman–Crippen LogP) is 1.69. The topological polar surface area (TPSA) is 31.4 Å². The number of nitrogens with zero attached hydrogens (tertiary/aromatic N) is 1. The summed E-state index contributed by atoms with van der Waals surface area (Å²) in [4.78, 5) is 4.16. The van der Waals surface area contributed by atoms with Gasteiger partial charge in [0, 0.05) is 17.9 Å². The number of hydrogen-bond donors (Lipinski definition) is 0. The van der Waals surface area contributed by atoms with Gasteiger partial charge in [-0.2, -0.15) is 0 Å². The van der Waals surface area contributed by atoms with E-state index in [9.17, 15) is 0 Å². The fraction of sp³-hybridized carbons (Fsp3) is 0.583. The second kappa shape index (κ2) is 3.57. The highest BCUT2D eigenvalue weighted by Gasteiger charge is 2.51. The Kier molecular flexibility index (Phi) is 2.59. The minimum absolute atomic E-state index is 0.290. The van der Waals surface area contributed by atoms with Crippen LogP contribution in [0, 0.1) is 6.92 Å². The number of pyridine rings is 1. The molecule has 16 heavy (non-hydrogen) atoms. The summed E-state index contributed by atoms with van der Waals surface area (Å²) in [7, 11) is -0.308. The second-order valence-electron chi connectivity index (χ2n) is 5.38. The van der Waals surface area contributed by atoms with Gasteiger partial charge in [0.25, 0.3) is 0 Å². The minimum Gasteiger partial charge on any atom is -0.399 e. The molecule has 0 unspecified atom stereocenters. The van der Waals surface area contributed by atoms with Crippen LogP contribution in [0.25, 0.3) is 0 Å². The van der Waals surface area contributed by atoms with Crippen LogP contribution in [0.3, 0.4) is 0 Å². The van der Waals surface area contributed by atoms with E-state index in [1.165, 1.54) is 0 Å². The van der Waals surface area contributed by atoms with Crippen LogP contribution in [0.2, 0.25) is 0 Å². The van der Waals surface area contributed by atoms with Crippen molar-refractivity contribution in [1.82, 2.24) is 4.98 Å². The van der Waals surface area contributed by atoms with Gasteiger partial charge in [-0.1, -0.05) is 6.07 Å². The van der Waals surface area contributed by atoms with Gasteiger partial charge in [0.2, 0.25) is 0 Å². The number of hydrogen-bond acceptors (Lipinski definition) is 3. The summed E-state index contributed by atoms with van der Waals surface area (Å²) in [6, 6.07) is 2.05. The molecule has 0 amide bonds. The predicted molar refractivity (Wildman–Crippen MR) is 64.7 cm³/mol. The standard InChI is InChI=1S/C12H18BNO2/c1-9-6-10(8-14-7-9)13-15-11(2,3)12(4,5)16-13/h6-8H,1-5H3. The first-order valence-corrected chi connectivity index (χ1v) is 5.59. The molecule has 0 bridgehead atoms. The molecule has 3 nitrogen and oxygen atoms in total. The van der Waals surface area contributed by atoms with Crippen LogP contribution in [0.1, 0.15) is 33.3 Å². The van der Waals surface area contributed by atoms with Crippen LogP contribution in [0.4, 0.5) is 0 Å². The van der Waals surface area contributed by atoms with Gasteiger partial charge in [-0.05, 0) is 40.2 Å². The highest BCUT2D eigenvalue weighted by Crippen LogP contribution is 2.36. The zero-order chi connectivity index (χ0) is 12.0. The zero-order valence-electron chi connectivity index (χ0n) is 10.6. The molecular formula is C12H18BNO2. The fourth-order valence-electron chi connectivity index (χ4n) is 1.69. The number of aryl methyl sites for hydroxylation is 1. The van der Waals surface area contributed by atoms with Gasteiger partial charge < -0.3 is 9.31 Å². The Balaban J connectivity index is 2.27. The Morgan fingerprint density at radius 1 is 1.06 bits per heavy atom. The molecule has 4 heteroatoms. The molecule has 0 saturated carbocycles. The van der Waals surface area contributed by atoms with E-state index in [2.05, 4.69) is 38.7 Å². The van der Waals surface area contributed by atoms with Crippen molar-refractivity contribution in [3.05, 3.63) is 24.0 Å². The van der Waals surface area contributed by atoms with E-state index in [0.29, 0.717) is 0 Å². The van der Waals surface area contributed by atoms with Gasteiger partial charge in [-0.3, -0.25) is 4.98 Å². The first-order valence-electron chi connectivity index (χ1n) is 5.59. The van der Waals surface area contributed by atoms with Crippen molar-refractivity contribution in [3.8, 4) is 0 Å². The maximum absolute atomic E-state index is 5.94. The summed E-state index contributed by atoms with van der Waals surface area (Å²) in [5, 5.41) is 0. The van der Waals surface area contributed by atoms with Gasteiger partial charge in [0.1, 0.15) is 0 Å². The van der Waals surface area contributed by atoms with Gasteiger partial charge in [-0.15, -0.1) is 0 Å². The minimum atomic E-state index is -0.308. The maximum Gasteiger partial charge on any atom is 0.496 e. The monoisotopic (exact) mass is 219 g/mol. The zero-order valence-corrected chi connectivity index (χ0v) is 10.6. The van der Waals surface area contributed by atoms with E-state index >= 15 is 0 Å². The first kappa shape index (κ1) is 11.6. The van der Waals surface area contributed by atoms with Gasteiger partial charge in [0.15, 0.2) is 0 Å². The van der Waals surface area contributed by atoms with E-state index < -0.39 is 0 Å². The van der Waals surface area contributed by atoms with Gasteiger partial charge in [0.05, 0.1) is 11.2 Å². The third kappa shape index (κ3) is 1.87. The molecule has 86 valence electrons. The van der Waals surface area contributed by atoms with Crippen LogP contribution >= 0.6 is 0 Å². The Bertz CT molecular complexity index is 388. The van der Waals surface area contributed by atoms with Crippen LogP contribution in [0.5, 0.6) is 0 Å². The summed E-state index contributed by atoms with van der Waals surface area (Å²) >= 11 is 0. The normalized spacial score (nSPS) is 22.4. The van der Waals surface area contributed by atoms with Crippen LogP contribution in [-0.2, 0) is 9.31 Å². The smallest absolute Gasteiger partial charge is 0.399 e. The molecule has 1 aliphatic heterocycles. The largest absolute Gasteiger partial charge is 0.496 e. The van der Waals surface area contributed by atoms with E-state index in [1.807, 2.05) is 13.1 Å². The van der Waals surface area contributed by atoms with Gasteiger partial charge >= 0.3 is 7.12 Å². The van der Waals surface area contributed by atoms with E-state index in [1.54, 1.807) is 6.20 Å². The van der Waals surface area contributed by atoms with Crippen LogP contribution < -0.4 is 5.46 Å². The lowest BCUT2D eigenvalue weighted by Gasteiger charge is -2.32. The lowest BCUT2D eigenvalue weighted by Crippen LogP contribution is -2.41. The molecule has 0 spiro atoms. The van der Waals surface area contributed by atoms with Crippen molar-refractivity contribution in [2.45, 2.75) is 45.8 Å².